The minimum atomic E-state index is -0.0970. The largest absolute Gasteiger partial charge is 0.396 e. The molecular formula is C17H26N2O2S. The van der Waals surface area contributed by atoms with E-state index >= 15 is 0 Å². The quantitative estimate of drug-likeness (QED) is 0.757. The van der Waals surface area contributed by atoms with Crippen LogP contribution in [-0.4, -0.2) is 34.4 Å². The van der Waals surface area contributed by atoms with E-state index in [-0.39, 0.29) is 18.6 Å². The maximum atomic E-state index is 12.4. The van der Waals surface area contributed by atoms with Gasteiger partial charge in [-0.25, -0.2) is 4.98 Å². The van der Waals surface area contributed by atoms with Gasteiger partial charge in [0.1, 0.15) is 5.03 Å². The van der Waals surface area contributed by atoms with Gasteiger partial charge in [0.05, 0.1) is 5.56 Å². The Morgan fingerprint density at radius 2 is 2.23 bits per heavy atom. The normalized spacial score (nSPS) is 17.2. The summed E-state index contributed by atoms with van der Waals surface area (Å²) in [5.74, 6) is 1.70. The molecule has 1 amide bonds. The Morgan fingerprint density at radius 3 is 2.95 bits per heavy atom. The van der Waals surface area contributed by atoms with Gasteiger partial charge in [-0.2, -0.15) is 0 Å². The molecule has 0 aromatic carbocycles. The lowest BCUT2D eigenvalue weighted by Crippen LogP contribution is -2.33. The molecule has 1 aromatic rings. The third kappa shape index (κ3) is 5.29. The second kappa shape index (κ2) is 9.16. The van der Waals surface area contributed by atoms with Crippen molar-refractivity contribution in [2.45, 2.75) is 56.5 Å². The van der Waals surface area contributed by atoms with E-state index < -0.39 is 0 Å². The minimum Gasteiger partial charge on any atom is -0.396 e. The number of aliphatic hydroxyl groups excluding tert-OH is 1. The number of aliphatic hydroxyl groups is 1. The van der Waals surface area contributed by atoms with Crippen LogP contribution in [0.4, 0.5) is 0 Å². The number of carbonyl (C=O) groups is 1. The van der Waals surface area contributed by atoms with Crippen molar-refractivity contribution in [1.82, 2.24) is 10.3 Å². The van der Waals surface area contributed by atoms with E-state index in [2.05, 4.69) is 10.3 Å². The SMILES string of the molecule is CC(CCO)NC(=O)c1cccnc1SCC1CCCCC1. The zero-order chi connectivity index (χ0) is 15.8. The molecule has 1 aliphatic carbocycles. The highest BCUT2D eigenvalue weighted by atomic mass is 32.2. The molecule has 1 aromatic heterocycles. The highest BCUT2D eigenvalue weighted by Crippen LogP contribution is 2.30. The molecule has 1 unspecified atom stereocenters. The average molecular weight is 322 g/mol. The van der Waals surface area contributed by atoms with E-state index in [0.717, 1.165) is 16.7 Å². The van der Waals surface area contributed by atoms with Gasteiger partial charge in [-0.1, -0.05) is 19.3 Å². The summed E-state index contributed by atoms with van der Waals surface area (Å²) < 4.78 is 0. The van der Waals surface area contributed by atoms with E-state index in [4.69, 9.17) is 5.11 Å². The van der Waals surface area contributed by atoms with Gasteiger partial charge in [-0.05, 0) is 44.2 Å². The third-order valence-electron chi connectivity index (χ3n) is 4.14. The second-order valence-electron chi connectivity index (χ2n) is 6.06. The summed E-state index contributed by atoms with van der Waals surface area (Å²) in [6.07, 6.45) is 8.94. The molecule has 0 bridgehead atoms. The maximum absolute atomic E-state index is 12.4. The Bertz CT molecular complexity index is 475. The number of aromatic nitrogens is 1. The number of hydrogen-bond acceptors (Lipinski definition) is 4. The van der Waals surface area contributed by atoms with Crippen LogP contribution in [0.5, 0.6) is 0 Å². The fourth-order valence-electron chi connectivity index (χ4n) is 2.80. The van der Waals surface area contributed by atoms with Crippen molar-refractivity contribution < 1.29 is 9.90 Å². The fraction of sp³-hybridized carbons (Fsp3) is 0.647. The van der Waals surface area contributed by atoms with Gasteiger partial charge in [0.25, 0.3) is 5.91 Å². The van der Waals surface area contributed by atoms with Crippen LogP contribution >= 0.6 is 11.8 Å². The zero-order valence-corrected chi connectivity index (χ0v) is 14.1. The van der Waals surface area contributed by atoms with Gasteiger partial charge < -0.3 is 10.4 Å². The molecule has 1 atom stereocenters. The average Bonchev–Trinajstić information content (AvgIpc) is 2.54. The number of hydrogen-bond donors (Lipinski definition) is 2. The molecule has 0 spiro atoms. The fourth-order valence-corrected chi connectivity index (χ4v) is 3.98. The number of nitrogens with one attached hydrogen (secondary N) is 1. The van der Waals surface area contributed by atoms with Gasteiger partial charge in [0.2, 0.25) is 0 Å². The lowest BCUT2D eigenvalue weighted by molar-refractivity contribution is 0.0930. The van der Waals surface area contributed by atoms with Gasteiger partial charge in [-0.15, -0.1) is 11.8 Å². The molecule has 122 valence electrons. The van der Waals surface area contributed by atoms with Gasteiger partial charge >= 0.3 is 0 Å². The van der Waals surface area contributed by atoms with E-state index in [9.17, 15) is 4.79 Å². The number of carbonyl (C=O) groups excluding carboxylic acids is 1. The molecular weight excluding hydrogens is 296 g/mol. The molecule has 1 aliphatic rings. The topological polar surface area (TPSA) is 62.2 Å². The smallest absolute Gasteiger partial charge is 0.254 e. The van der Waals surface area contributed by atoms with Crippen molar-refractivity contribution in [1.29, 1.82) is 0 Å². The zero-order valence-electron chi connectivity index (χ0n) is 13.3. The minimum absolute atomic E-state index is 0.0334. The second-order valence-corrected chi connectivity index (χ2v) is 7.07. The number of pyridine rings is 1. The molecule has 22 heavy (non-hydrogen) atoms. The summed E-state index contributed by atoms with van der Waals surface area (Å²) in [7, 11) is 0. The first-order valence-electron chi connectivity index (χ1n) is 8.20. The maximum Gasteiger partial charge on any atom is 0.254 e. The summed E-state index contributed by atoms with van der Waals surface area (Å²) in [4.78, 5) is 16.7. The third-order valence-corrected chi connectivity index (χ3v) is 5.37. The van der Waals surface area contributed by atoms with Crippen molar-refractivity contribution in [3.63, 3.8) is 0 Å². The molecule has 2 N–H and O–H groups in total. The lowest BCUT2D eigenvalue weighted by Gasteiger charge is -2.21. The number of rotatable bonds is 7. The summed E-state index contributed by atoms with van der Waals surface area (Å²) in [5, 5.41) is 12.7. The van der Waals surface area contributed by atoms with Crippen LogP contribution in [0.2, 0.25) is 0 Å². The van der Waals surface area contributed by atoms with Crippen LogP contribution < -0.4 is 5.32 Å². The predicted molar refractivity (Wildman–Crippen MR) is 90.2 cm³/mol. The number of nitrogens with zero attached hydrogens (tertiary/aromatic N) is 1. The van der Waals surface area contributed by atoms with Crippen molar-refractivity contribution in [3.05, 3.63) is 23.9 Å². The Labute approximate surface area is 137 Å². The highest BCUT2D eigenvalue weighted by Gasteiger charge is 2.18. The van der Waals surface area contributed by atoms with E-state index in [1.54, 1.807) is 24.0 Å². The van der Waals surface area contributed by atoms with Crippen LogP contribution in [0.1, 0.15) is 55.8 Å². The summed E-state index contributed by atoms with van der Waals surface area (Å²) in [5.41, 5.74) is 0.646. The van der Waals surface area contributed by atoms with Crippen molar-refractivity contribution >= 4 is 17.7 Å². The molecule has 0 radical (unpaired) electrons. The van der Waals surface area contributed by atoms with E-state index in [1.807, 2.05) is 13.0 Å². The Morgan fingerprint density at radius 1 is 1.45 bits per heavy atom. The molecule has 4 nitrogen and oxygen atoms in total. The summed E-state index contributed by atoms with van der Waals surface area (Å²) >= 11 is 1.70. The summed E-state index contributed by atoms with van der Waals surface area (Å²) in [6.45, 7) is 1.98. The molecule has 2 rings (SSSR count). The van der Waals surface area contributed by atoms with Crippen LogP contribution in [0.3, 0.4) is 0 Å². The Hall–Kier alpha value is -1.07. The lowest BCUT2D eigenvalue weighted by atomic mass is 9.91. The van der Waals surface area contributed by atoms with Gasteiger partial charge in [-0.3, -0.25) is 4.79 Å². The molecule has 1 fully saturated rings. The standard InChI is InChI=1S/C17H26N2O2S/c1-13(9-11-20)19-16(21)15-8-5-10-18-17(15)22-12-14-6-3-2-4-7-14/h5,8,10,13-14,20H,2-4,6-7,9,11-12H2,1H3,(H,19,21). The van der Waals surface area contributed by atoms with Crippen LogP contribution in [0.15, 0.2) is 23.4 Å². The highest BCUT2D eigenvalue weighted by molar-refractivity contribution is 7.99. The van der Waals surface area contributed by atoms with Crippen LogP contribution in [0.25, 0.3) is 0 Å². The Balaban J connectivity index is 1.95. The molecule has 0 aliphatic heterocycles. The van der Waals surface area contributed by atoms with E-state index in [1.165, 1.54) is 32.1 Å². The predicted octanol–water partition coefficient (Wildman–Crippen LogP) is 3.25. The van der Waals surface area contributed by atoms with Crippen LogP contribution in [-0.2, 0) is 0 Å². The molecule has 5 heteroatoms. The van der Waals surface area contributed by atoms with Crippen LogP contribution in [0, 0.1) is 5.92 Å². The first kappa shape index (κ1) is 17.3. The molecule has 1 saturated carbocycles. The molecule has 0 saturated heterocycles. The number of thioether (sulfide) groups is 1. The molecule has 1 heterocycles. The van der Waals surface area contributed by atoms with E-state index in [0.29, 0.717) is 12.0 Å². The van der Waals surface area contributed by atoms with Gasteiger partial charge in [0, 0.05) is 24.6 Å². The van der Waals surface area contributed by atoms with Crippen molar-refractivity contribution in [2.24, 2.45) is 5.92 Å². The number of amides is 1. The van der Waals surface area contributed by atoms with Gasteiger partial charge in [0.15, 0.2) is 0 Å². The monoisotopic (exact) mass is 322 g/mol. The van der Waals surface area contributed by atoms with Crippen molar-refractivity contribution in [2.75, 3.05) is 12.4 Å². The summed E-state index contributed by atoms with van der Waals surface area (Å²) in [6, 6.07) is 3.60. The first-order chi connectivity index (χ1) is 10.7. The first-order valence-corrected chi connectivity index (χ1v) is 9.18. The van der Waals surface area contributed by atoms with Crippen molar-refractivity contribution in [3.8, 4) is 0 Å². The Kier molecular flexibility index (Phi) is 7.19.